The fourth-order valence-electron chi connectivity index (χ4n) is 3.94. The normalized spacial score (nSPS) is 18.0. The first-order chi connectivity index (χ1) is 15.0. The van der Waals surface area contributed by atoms with Gasteiger partial charge in [-0.05, 0) is 6.07 Å². The average molecular weight is 435 g/mol. The minimum absolute atomic E-state index is 0.0581. The molecule has 1 aromatic rings. The molecular formula is C22H34N4O5. The van der Waals surface area contributed by atoms with Crippen molar-refractivity contribution in [2.24, 2.45) is 0 Å². The topological polar surface area (TPSA) is 74.8 Å². The Balaban J connectivity index is 1.44. The van der Waals surface area contributed by atoms with E-state index in [4.69, 9.17) is 14.2 Å². The molecule has 2 fully saturated rings. The lowest BCUT2D eigenvalue weighted by atomic mass is 10.1. The number of morpholine rings is 1. The highest BCUT2D eigenvalue weighted by molar-refractivity contribution is 5.79. The SMILES string of the molecule is COc1cccc(CN(C)C(=O)CN2CCN(CC(=O)N3CCOCC3)CC2)c1OC. The van der Waals surface area contributed by atoms with Gasteiger partial charge in [0.05, 0.1) is 40.5 Å². The van der Waals surface area contributed by atoms with Crippen molar-refractivity contribution in [3.63, 3.8) is 0 Å². The first kappa shape index (κ1) is 23.3. The van der Waals surface area contributed by atoms with Gasteiger partial charge in [0, 0.05) is 58.4 Å². The number of ether oxygens (including phenoxy) is 3. The number of carbonyl (C=O) groups is 2. The largest absolute Gasteiger partial charge is 0.493 e. The third kappa shape index (κ3) is 6.32. The summed E-state index contributed by atoms with van der Waals surface area (Å²) >= 11 is 0. The van der Waals surface area contributed by atoms with Gasteiger partial charge in [-0.2, -0.15) is 0 Å². The highest BCUT2D eigenvalue weighted by Crippen LogP contribution is 2.31. The Morgan fingerprint density at radius 3 is 2.23 bits per heavy atom. The van der Waals surface area contributed by atoms with Gasteiger partial charge in [-0.15, -0.1) is 0 Å². The quantitative estimate of drug-likeness (QED) is 0.576. The van der Waals surface area contributed by atoms with Gasteiger partial charge < -0.3 is 24.0 Å². The van der Waals surface area contributed by atoms with Crippen LogP contribution in [-0.2, 0) is 20.9 Å². The van der Waals surface area contributed by atoms with Gasteiger partial charge in [-0.25, -0.2) is 0 Å². The summed E-state index contributed by atoms with van der Waals surface area (Å²) in [4.78, 5) is 33.1. The molecule has 9 heteroatoms. The zero-order chi connectivity index (χ0) is 22.2. The van der Waals surface area contributed by atoms with E-state index in [2.05, 4.69) is 9.80 Å². The lowest BCUT2D eigenvalue weighted by molar-refractivity contribution is -0.137. The summed E-state index contributed by atoms with van der Waals surface area (Å²) in [7, 11) is 5.01. The van der Waals surface area contributed by atoms with Crippen molar-refractivity contribution in [1.29, 1.82) is 0 Å². The molecule has 0 spiro atoms. The van der Waals surface area contributed by atoms with Crippen molar-refractivity contribution >= 4 is 11.8 Å². The molecule has 0 bridgehead atoms. The van der Waals surface area contributed by atoms with E-state index in [0.29, 0.717) is 57.4 Å². The smallest absolute Gasteiger partial charge is 0.236 e. The van der Waals surface area contributed by atoms with Crippen molar-refractivity contribution in [3.8, 4) is 11.5 Å². The van der Waals surface area contributed by atoms with Gasteiger partial charge in [0.1, 0.15) is 0 Å². The van der Waals surface area contributed by atoms with Crippen LogP contribution in [0.2, 0.25) is 0 Å². The molecule has 0 saturated carbocycles. The predicted molar refractivity (Wildman–Crippen MR) is 116 cm³/mol. The minimum atomic E-state index is 0.0581. The summed E-state index contributed by atoms with van der Waals surface area (Å²) in [5, 5.41) is 0. The molecule has 1 aromatic carbocycles. The molecule has 0 aromatic heterocycles. The van der Waals surface area contributed by atoms with E-state index in [0.717, 1.165) is 31.7 Å². The van der Waals surface area contributed by atoms with Crippen molar-refractivity contribution < 1.29 is 23.8 Å². The maximum absolute atomic E-state index is 12.8. The number of likely N-dealkylation sites (N-methyl/N-ethyl adjacent to an activating group) is 1. The molecule has 0 atom stereocenters. The fourth-order valence-corrected chi connectivity index (χ4v) is 3.94. The summed E-state index contributed by atoms with van der Waals surface area (Å²) in [5.41, 5.74) is 0.907. The Bertz CT molecular complexity index is 745. The number of para-hydroxylation sites is 1. The number of piperazine rings is 1. The van der Waals surface area contributed by atoms with E-state index in [9.17, 15) is 9.59 Å². The molecule has 3 rings (SSSR count). The molecule has 0 radical (unpaired) electrons. The number of rotatable bonds is 8. The molecule has 172 valence electrons. The maximum atomic E-state index is 12.8. The first-order valence-corrected chi connectivity index (χ1v) is 10.8. The monoisotopic (exact) mass is 434 g/mol. The second kappa shape index (κ2) is 11.3. The van der Waals surface area contributed by atoms with Gasteiger partial charge in [0.2, 0.25) is 11.8 Å². The summed E-state index contributed by atoms with van der Waals surface area (Å²) in [5.74, 6) is 1.54. The van der Waals surface area contributed by atoms with Crippen LogP contribution in [0.3, 0.4) is 0 Å². The van der Waals surface area contributed by atoms with Crippen LogP contribution in [0.25, 0.3) is 0 Å². The van der Waals surface area contributed by atoms with Crippen molar-refractivity contribution in [1.82, 2.24) is 19.6 Å². The summed E-state index contributed by atoms with van der Waals surface area (Å²) < 4.78 is 16.1. The molecule has 2 aliphatic heterocycles. The Kier molecular flexibility index (Phi) is 8.51. The van der Waals surface area contributed by atoms with Crippen molar-refractivity contribution in [2.45, 2.75) is 6.54 Å². The van der Waals surface area contributed by atoms with E-state index >= 15 is 0 Å². The molecule has 9 nitrogen and oxygen atoms in total. The summed E-state index contributed by atoms with van der Waals surface area (Å²) in [6, 6.07) is 5.68. The Labute approximate surface area is 184 Å². The van der Waals surface area contributed by atoms with Gasteiger partial charge in [0.25, 0.3) is 0 Å². The zero-order valence-electron chi connectivity index (χ0n) is 18.8. The third-order valence-electron chi connectivity index (χ3n) is 5.86. The van der Waals surface area contributed by atoms with Gasteiger partial charge >= 0.3 is 0 Å². The number of amides is 2. The molecule has 2 amide bonds. The number of benzene rings is 1. The highest BCUT2D eigenvalue weighted by atomic mass is 16.5. The van der Waals surface area contributed by atoms with E-state index < -0.39 is 0 Å². The van der Waals surface area contributed by atoms with Crippen molar-refractivity contribution in [2.75, 3.05) is 86.8 Å². The van der Waals surface area contributed by atoms with E-state index in [1.807, 2.05) is 23.1 Å². The lowest BCUT2D eigenvalue weighted by Crippen LogP contribution is -2.53. The van der Waals surface area contributed by atoms with E-state index in [1.165, 1.54) is 0 Å². The predicted octanol–water partition coefficient (Wildman–Crippen LogP) is 0.139. The number of hydrogen-bond acceptors (Lipinski definition) is 7. The second-order valence-corrected chi connectivity index (χ2v) is 7.95. The summed E-state index contributed by atoms with van der Waals surface area (Å²) in [6.07, 6.45) is 0. The molecule has 2 saturated heterocycles. The third-order valence-corrected chi connectivity index (χ3v) is 5.86. The molecular weight excluding hydrogens is 400 g/mol. The van der Waals surface area contributed by atoms with Crippen LogP contribution in [0.5, 0.6) is 11.5 Å². The second-order valence-electron chi connectivity index (χ2n) is 7.95. The van der Waals surface area contributed by atoms with Gasteiger partial charge in [0.15, 0.2) is 11.5 Å². The minimum Gasteiger partial charge on any atom is -0.493 e. The standard InChI is InChI=1S/C22H34N4O5/c1-23(15-18-5-4-6-19(29-2)22(18)30-3)20(27)16-24-7-9-25(10-8-24)17-21(28)26-11-13-31-14-12-26/h4-6H,7-17H2,1-3H3. The van der Waals surface area contributed by atoms with Crippen LogP contribution in [0, 0.1) is 0 Å². The fraction of sp³-hybridized carbons (Fsp3) is 0.636. The molecule has 2 heterocycles. The average Bonchev–Trinajstić information content (AvgIpc) is 2.80. The van der Waals surface area contributed by atoms with E-state index in [1.54, 1.807) is 26.2 Å². The van der Waals surface area contributed by atoms with Crippen LogP contribution >= 0.6 is 0 Å². The molecule has 0 unspecified atom stereocenters. The van der Waals surface area contributed by atoms with Gasteiger partial charge in [-0.1, -0.05) is 12.1 Å². The molecule has 2 aliphatic rings. The first-order valence-electron chi connectivity index (χ1n) is 10.8. The van der Waals surface area contributed by atoms with Crippen LogP contribution in [0.15, 0.2) is 18.2 Å². The molecule has 31 heavy (non-hydrogen) atoms. The van der Waals surface area contributed by atoms with Crippen LogP contribution in [0.1, 0.15) is 5.56 Å². The highest BCUT2D eigenvalue weighted by Gasteiger charge is 2.24. The van der Waals surface area contributed by atoms with Crippen LogP contribution in [0.4, 0.5) is 0 Å². The number of carbonyl (C=O) groups excluding carboxylic acids is 2. The Morgan fingerprint density at radius 1 is 0.968 bits per heavy atom. The number of nitrogens with zero attached hydrogens (tertiary/aromatic N) is 4. The molecule has 0 N–H and O–H groups in total. The number of hydrogen-bond donors (Lipinski definition) is 0. The van der Waals surface area contributed by atoms with Crippen molar-refractivity contribution in [3.05, 3.63) is 23.8 Å². The number of methoxy groups -OCH3 is 2. The van der Waals surface area contributed by atoms with E-state index in [-0.39, 0.29) is 11.8 Å². The Morgan fingerprint density at radius 2 is 1.61 bits per heavy atom. The Hall–Kier alpha value is -2.36. The lowest BCUT2D eigenvalue weighted by Gasteiger charge is -2.36. The summed E-state index contributed by atoms with van der Waals surface area (Å²) in [6.45, 7) is 6.99. The maximum Gasteiger partial charge on any atom is 0.236 e. The van der Waals surface area contributed by atoms with Gasteiger partial charge in [-0.3, -0.25) is 19.4 Å². The van der Waals surface area contributed by atoms with Crippen LogP contribution < -0.4 is 9.47 Å². The zero-order valence-corrected chi connectivity index (χ0v) is 18.8. The molecule has 0 aliphatic carbocycles. The van der Waals surface area contributed by atoms with Crippen LogP contribution in [-0.4, -0.2) is 118 Å².